The molecule has 1 aromatic heterocycles. The largest absolute Gasteiger partial charge is 0.382 e. The summed E-state index contributed by atoms with van der Waals surface area (Å²) in [6.45, 7) is 8.22. The van der Waals surface area contributed by atoms with Crippen LogP contribution in [0.3, 0.4) is 0 Å². The lowest BCUT2D eigenvalue weighted by Gasteiger charge is -2.37. The highest BCUT2D eigenvalue weighted by atomic mass is 15.1. The lowest BCUT2D eigenvalue weighted by molar-refractivity contribution is 0.153. The summed E-state index contributed by atoms with van der Waals surface area (Å²) in [5.41, 5.74) is 1.60. The van der Waals surface area contributed by atoms with Gasteiger partial charge >= 0.3 is 0 Å². The Balaban J connectivity index is 1.72. The summed E-state index contributed by atoms with van der Waals surface area (Å²) < 4.78 is 0. The Morgan fingerprint density at radius 2 is 2.00 bits per heavy atom. The van der Waals surface area contributed by atoms with Gasteiger partial charge in [-0.25, -0.2) is 0 Å². The maximum Gasteiger partial charge on any atom is 0.0723 e. The van der Waals surface area contributed by atoms with Crippen LogP contribution in [0.4, 0.5) is 5.69 Å². The summed E-state index contributed by atoms with van der Waals surface area (Å²) in [4.78, 5) is 0. The van der Waals surface area contributed by atoms with Crippen LogP contribution in [-0.2, 0) is 0 Å². The molecule has 2 rings (SSSR count). The maximum atomic E-state index is 3.94. The highest BCUT2D eigenvalue weighted by Gasteiger charge is 2.29. The zero-order chi connectivity index (χ0) is 12.3. The van der Waals surface area contributed by atoms with E-state index in [4.69, 9.17) is 0 Å². The Labute approximate surface area is 104 Å². The van der Waals surface area contributed by atoms with Gasteiger partial charge in [-0.1, -0.05) is 20.8 Å². The number of nitrogens with zero attached hydrogens (tertiary/aromatic N) is 1. The minimum absolute atomic E-state index is 0.489. The average molecular weight is 235 g/mol. The second-order valence-corrected chi connectivity index (χ2v) is 6.45. The summed E-state index contributed by atoms with van der Waals surface area (Å²) in [5.74, 6) is 1.75. The van der Waals surface area contributed by atoms with E-state index in [0.717, 1.165) is 24.1 Å². The van der Waals surface area contributed by atoms with Gasteiger partial charge in [0.05, 0.1) is 11.9 Å². The molecule has 3 nitrogen and oxygen atoms in total. The molecule has 17 heavy (non-hydrogen) atoms. The Kier molecular flexibility index (Phi) is 3.75. The molecule has 1 aliphatic carbocycles. The highest BCUT2D eigenvalue weighted by Crippen LogP contribution is 2.39. The monoisotopic (exact) mass is 235 g/mol. The van der Waals surface area contributed by atoms with Crippen molar-refractivity contribution in [2.75, 3.05) is 11.9 Å². The third-order valence-electron chi connectivity index (χ3n) is 4.16. The number of hydrogen-bond donors (Lipinski definition) is 2. The summed E-state index contributed by atoms with van der Waals surface area (Å²) in [6, 6.07) is 0. The lowest BCUT2D eigenvalue weighted by atomic mass is 9.70. The van der Waals surface area contributed by atoms with Gasteiger partial charge < -0.3 is 5.32 Å². The maximum absolute atomic E-state index is 3.94. The van der Waals surface area contributed by atoms with Crippen molar-refractivity contribution < 1.29 is 0 Å². The number of aromatic amines is 1. The fraction of sp³-hybridized carbons (Fsp3) is 0.786. The van der Waals surface area contributed by atoms with Crippen LogP contribution < -0.4 is 5.32 Å². The zero-order valence-electron chi connectivity index (χ0n) is 11.3. The molecule has 0 aliphatic heterocycles. The van der Waals surface area contributed by atoms with Crippen LogP contribution in [0.5, 0.6) is 0 Å². The average Bonchev–Trinajstić information content (AvgIpc) is 2.78. The van der Waals surface area contributed by atoms with Crippen LogP contribution in [-0.4, -0.2) is 16.7 Å². The molecule has 96 valence electrons. The molecule has 0 amide bonds. The molecule has 3 heteroatoms. The van der Waals surface area contributed by atoms with E-state index >= 15 is 0 Å². The van der Waals surface area contributed by atoms with Crippen LogP contribution in [0.2, 0.25) is 0 Å². The molecule has 0 bridgehead atoms. The number of nitrogens with one attached hydrogen (secondary N) is 2. The van der Waals surface area contributed by atoms with Gasteiger partial charge in [-0.15, -0.1) is 0 Å². The first-order valence-electron chi connectivity index (χ1n) is 6.78. The minimum Gasteiger partial charge on any atom is -0.382 e. The number of aromatic nitrogens is 2. The Hall–Kier alpha value is -0.990. The summed E-state index contributed by atoms with van der Waals surface area (Å²) in [5, 5.41) is 10.2. The van der Waals surface area contributed by atoms with Gasteiger partial charge in [0.1, 0.15) is 0 Å². The van der Waals surface area contributed by atoms with Crippen molar-refractivity contribution in [3.05, 3.63) is 12.4 Å². The van der Waals surface area contributed by atoms with Gasteiger partial charge in [0.15, 0.2) is 0 Å². The van der Waals surface area contributed by atoms with Crippen molar-refractivity contribution in [3.63, 3.8) is 0 Å². The van der Waals surface area contributed by atoms with Gasteiger partial charge in [-0.05, 0) is 42.9 Å². The van der Waals surface area contributed by atoms with Gasteiger partial charge in [-0.2, -0.15) is 5.10 Å². The van der Waals surface area contributed by atoms with E-state index in [1.54, 1.807) is 0 Å². The fourth-order valence-electron chi connectivity index (χ4n) is 2.84. The third-order valence-corrected chi connectivity index (χ3v) is 4.16. The predicted molar refractivity (Wildman–Crippen MR) is 72.0 cm³/mol. The van der Waals surface area contributed by atoms with E-state index in [9.17, 15) is 0 Å². The van der Waals surface area contributed by atoms with E-state index < -0.39 is 0 Å². The summed E-state index contributed by atoms with van der Waals surface area (Å²) in [7, 11) is 0. The van der Waals surface area contributed by atoms with Gasteiger partial charge in [0.25, 0.3) is 0 Å². The first-order valence-corrected chi connectivity index (χ1v) is 6.78. The Morgan fingerprint density at radius 1 is 1.29 bits per heavy atom. The van der Waals surface area contributed by atoms with Crippen molar-refractivity contribution in [2.45, 2.75) is 46.5 Å². The van der Waals surface area contributed by atoms with E-state index in [0.29, 0.717) is 5.41 Å². The molecular formula is C14H25N3. The summed E-state index contributed by atoms with van der Waals surface area (Å²) >= 11 is 0. The van der Waals surface area contributed by atoms with E-state index in [-0.39, 0.29) is 0 Å². The Bertz CT molecular complexity index is 316. The first-order chi connectivity index (χ1) is 8.05. The number of anilines is 1. The SMILES string of the molecule is CC(C)(C)C1CCC(CNc2cn[nH]c2)CC1. The molecule has 2 N–H and O–H groups in total. The van der Waals surface area contributed by atoms with Gasteiger partial charge in [0, 0.05) is 12.7 Å². The fourth-order valence-corrected chi connectivity index (χ4v) is 2.84. The second kappa shape index (κ2) is 5.11. The smallest absolute Gasteiger partial charge is 0.0723 e. The normalized spacial score (nSPS) is 25.8. The molecule has 0 radical (unpaired) electrons. The predicted octanol–water partition coefficient (Wildman–Crippen LogP) is 3.67. The van der Waals surface area contributed by atoms with Crippen LogP contribution in [0.25, 0.3) is 0 Å². The van der Waals surface area contributed by atoms with Crippen molar-refractivity contribution in [2.24, 2.45) is 17.3 Å². The molecule has 0 aromatic carbocycles. The standard InChI is InChI=1S/C14H25N3/c1-14(2,3)12-6-4-11(5-7-12)8-15-13-9-16-17-10-13/h9-12,15H,4-8H2,1-3H3,(H,16,17). The molecule has 0 unspecified atom stereocenters. The lowest BCUT2D eigenvalue weighted by Crippen LogP contribution is -2.28. The van der Waals surface area contributed by atoms with Crippen LogP contribution >= 0.6 is 0 Å². The van der Waals surface area contributed by atoms with Crippen LogP contribution in [0.15, 0.2) is 12.4 Å². The minimum atomic E-state index is 0.489. The third kappa shape index (κ3) is 3.48. The number of hydrogen-bond acceptors (Lipinski definition) is 2. The molecule has 0 spiro atoms. The Morgan fingerprint density at radius 3 is 2.53 bits per heavy atom. The van der Waals surface area contributed by atoms with Crippen molar-refractivity contribution in [3.8, 4) is 0 Å². The summed E-state index contributed by atoms with van der Waals surface area (Å²) in [6.07, 6.45) is 9.28. The van der Waals surface area contributed by atoms with Crippen LogP contribution in [0.1, 0.15) is 46.5 Å². The van der Waals surface area contributed by atoms with Crippen molar-refractivity contribution in [1.82, 2.24) is 10.2 Å². The molecule has 1 fully saturated rings. The second-order valence-electron chi connectivity index (χ2n) is 6.45. The number of rotatable bonds is 3. The molecule has 1 aromatic rings. The molecule has 1 aliphatic rings. The topological polar surface area (TPSA) is 40.7 Å². The molecule has 0 saturated heterocycles. The number of H-pyrrole nitrogens is 1. The highest BCUT2D eigenvalue weighted by molar-refractivity contribution is 5.37. The molecule has 0 atom stereocenters. The van der Waals surface area contributed by atoms with Crippen molar-refractivity contribution in [1.29, 1.82) is 0 Å². The van der Waals surface area contributed by atoms with Crippen molar-refractivity contribution >= 4 is 5.69 Å². The zero-order valence-corrected chi connectivity index (χ0v) is 11.3. The first kappa shape index (κ1) is 12.5. The van der Waals surface area contributed by atoms with E-state index in [1.165, 1.54) is 25.7 Å². The molecular weight excluding hydrogens is 210 g/mol. The van der Waals surface area contributed by atoms with E-state index in [1.807, 2.05) is 12.4 Å². The molecule has 1 heterocycles. The van der Waals surface area contributed by atoms with Crippen LogP contribution in [0, 0.1) is 17.3 Å². The molecule has 1 saturated carbocycles. The van der Waals surface area contributed by atoms with Gasteiger partial charge in [0.2, 0.25) is 0 Å². The quantitative estimate of drug-likeness (QED) is 0.839. The van der Waals surface area contributed by atoms with Gasteiger partial charge in [-0.3, -0.25) is 5.10 Å². The van der Waals surface area contributed by atoms with E-state index in [2.05, 4.69) is 36.3 Å².